The maximum absolute atomic E-state index is 2.28. The van der Waals surface area contributed by atoms with Gasteiger partial charge >= 0.3 is 0 Å². The lowest BCUT2D eigenvalue weighted by atomic mass is 10.1. The molecule has 1 heteroatoms. The molecule has 0 fully saturated rings. The van der Waals surface area contributed by atoms with Crippen molar-refractivity contribution in [3.05, 3.63) is 95.1 Å². The summed E-state index contributed by atoms with van der Waals surface area (Å²) in [6.07, 6.45) is 4.35. The van der Waals surface area contributed by atoms with Crippen LogP contribution in [0.25, 0.3) is 12.2 Å². The first-order valence-corrected chi connectivity index (χ1v) is 8.89. The number of hydrogen-bond acceptors (Lipinski definition) is 0. The second kappa shape index (κ2) is 7.40. The van der Waals surface area contributed by atoms with Crippen LogP contribution in [0.5, 0.6) is 0 Å². The molecule has 0 N–H and O–H groups in total. The van der Waals surface area contributed by atoms with Gasteiger partial charge in [0.15, 0.2) is 0 Å². The molecular weight excluding hydrogens is 295 g/mol. The summed E-state index contributed by atoms with van der Waals surface area (Å²) in [5.41, 5.74) is 5.22. The van der Waals surface area contributed by atoms with Gasteiger partial charge in [0, 0.05) is 0 Å². The van der Waals surface area contributed by atoms with Crippen molar-refractivity contribution in [2.45, 2.75) is 13.8 Å². The molecule has 0 saturated carbocycles. The molecule has 0 aliphatic heterocycles. The quantitative estimate of drug-likeness (QED) is 0.464. The Labute approximate surface area is 140 Å². The summed E-state index contributed by atoms with van der Waals surface area (Å²) in [5.74, 6) is 0. The van der Waals surface area contributed by atoms with Crippen molar-refractivity contribution in [2.24, 2.45) is 0 Å². The van der Waals surface area contributed by atoms with Gasteiger partial charge in [0.2, 0.25) is 0 Å². The van der Waals surface area contributed by atoms with Gasteiger partial charge in [-0.25, -0.2) is 0 Å². The zero-order valence-electron chi connectivity index (χ0n) is 13.6. The van der Waals surface area contributed by atoms with Crippen LogP contribution < -0.4 is 10.6 Å². The second-order valence-electron chi connectivity index (χ2n) is 5.76. The average molecular weight is 316 g/mol. The van der Waals surface area contributed by atoms with Gasteiger partial charge in [-0.1, -0.05) is 93.5 Å². The molecule has 3 aromatic carbocycles. The van der Waals surface area contributed by atoms with Gasteiger partial charge in [0.05, 0.1) is 0 Å². The van der Waals surface area contributed by atoms with Crippen molar-refractivity contribution in [1.29, 1.82) is 0 Å². The van der Waals surface area contributed by atoms with Crippen LogP contribution in [0.2, 0.25) is 0 Å². The minimum atomic E-state index is 0.722. The highest BCUT2D eigenvalue weighted by molar-refractivity contribution is 7.55. The van der Waals surface area contributed by atoms with Gasteiger partial charge in [0.25, 0.3) is 0 Å². The highest BCUT2D eigenvalue weighted by Gasteiger charge is 2.03. The molecule has 3 rings (SSSR count). The molecule has 0 nitrogen and oxygen atoms in total. The van der Waals surface area contributed by atoms with Crippen molar-refractivity contribution in [2.75, 3.05) is 0 Å². The van der Waals surface area contributed by atoms with Crippen molar-refractivity contribution in [1.82, 2.24) is 0 Å². The minimum absolute atomic E-state index is 0.722. The van der Waals surface area contributed by atoms with E-state index in [9.17, 15) is 0 Å². The topological polar surface area (TPSA) is 0 Å². The molecule has 114 valence electrons. The smallest absolute Gasteiger partial charge is 0.0197 e. The number of aryl methyl sites for hydroxylation is 2. The molecule has 0 heterocycles. The van der Waals surface area contributed by atoms with Gasteiger partial charge in [-0.2, -0.15) is 0 Å². The predicted octanol–water partition coefficient (Wildman–Crippen LogP) is 5.10. The molecule has 0 aliphatic rings. The largest absolute Gasteiger partial charge is 0.0622 e. The minimum Gasteiger partial charge on any atom is -0.0622 e. The first kappa shape index (κ1) is 15.7. The van der Waals surface area contributed by atoms with Crippen molar-refractivity contribution in [3.63, 3.8) is 0 Å². The summed E-state index contributed by atoms with van der Waals surface area (Å²) < 4.78 is 0. The van der Waals surface area contributed by atoms with E-state index in [0.29, 0.717) is 0 Å². The Kier molecular flexibility index (Phi) is 5.05. The van der Waals surface area contributed by atoms with Gasteiger partial charge in [0.1, 0.15) is 0 Å². The summed E-state index contributed by atoms with van der Waals surface area (Å²) in [4.78, 5) is 0. The van der Waals surface area contributed by atoms with Gasteiger partial charge in [-0.05, 0) is 46.7 Å². The normalized spacial score (nSPS) is 11.6. The Morgan fingerprint density at radius 3 is 2.00 bits per heavy atom. The number of hydrogen-bond donors (Lipinski definition) is 0. The van der Waals surface area contributed by atoms with E-state index in [1.54, 1.807) is 0 Å². The van der Waals surface area contributed by atoms with E-state index in [0.717, 1.165) is 8.58 Å². The van der Waals surface area contributed by atoms with Crippen LogP contribution in [0, 0.1) is 13.8 Å². The molecule has 1 atom stereocenters. The molecule has 23 heavy (non-hydrogen) atoms. The number of rotatable bonds is 4. The Morgan fingerprint density at radius 1 is 0.609 bits per heavy atom. The van der Waals surface area contributed by atoms with Crippen LogP contribution in [0.1, 0.15) is 22.3 Å². The highest BCUT2D eigenvalue weighted by atomic mass is 31.1. The second-order valence-corrected chi connectivity index (χ2v) is 7.09. The van der Waals surface area contributed by atoms with E-state index < -0.39 is 0 Å². The maximum atomic E-state index is 2.28. The van der Waals surface area contributed by atoms with E-state index in [2.05, 4.69) is 92.7 Å². The molecular formula is C22H21P. The van der Waals surface area contributed by atoms with Crippen LogP contribution >= 0.6 is 8.58 Å². The van der Waals surface area contributed by atoms with Gasteiger partial charge < -0.3 is 0 Å². The Morgan fingerprint density at radius 2 is 1.26 bits per heavy atom. The summed E-state index contributed by atoms with van der Waals surface area (Å²) in [6, 6.07) is 25.8. The monoisotopic (exact) mass is 316 g/mol. The zero-order chi connectivity index (χ0) is 16.1. The third kappa shape index (κ3) is 4.18. The fourth-order valence-electron chi connectivity index (χ4n) is 2.55. The Balaban J connectivity index is 1.78. The molecule has 0 radical (unpaired) electrons. The van der Waals surface area contributed by atoms with E-state index >= 15 is 0 Å². The first-order valence-electron chi connectivity index (χ1n) is 7.89. The van der Waals surface area contributed by atoms with Crippen molar-refractivity contribution < 1.29 is 0 Å². The Hall–Kier alpha value is -2.17. The van der Waals surface area contributed by atoms with Crippen LogP contribution in [0.15, 0.2) is 72.8 Å². The van der Waals surface area contributed by atoms with E-state index in [-0.39, 0.29) is 0 Å². The van der Waals surface area contributed by atoms with E-state index in [4.69, 9.17) is 0 Å². The number of benzene rings is 3. The van der Waals surface area contributed by atoms with E-state index in [1.807, 2.05) is 6.07 Å². The zero-order valence-corrected chi connectivity index (χ0v) is 14.6. The van der Waals surface area contributed by atoms with E-state index in [1.165, 1.54) is 32.9 Å². The summed E-state index contributed by atoms with van der Waals surface area (Å²) in [6.45, 7) is 4.40. The van der Waals surface area contributed by atoms with Crippen LogP contribution in [0.4, 0.5) is 0 Å². The van der Waals surface area contributed by atoms with Crippen molar-refractivity contribution in [3.8, 4) is 0 Å². The average Bonchev–Trinajstić information content (AvgIpc) is 2.58. The molecule has 0 saturated heterocycles. The summed E-state index contributed by atoms with van der Waals surface area (Å²) in [7, 11) is 0.722. The van der Waals surface area contributed by atoms with Gasteiger partial charge in [-0.3, -0.25) is 0 Å². The maximum Gasteiger partial charge on any atom is -0.0197 e. The molecule has 0 aromatic heterocycles. The van der Waals surface area contributed by atoms with Crippen LogP contribution in [-0.4, -0.2) is 0 Å². The van der Waals surface area contributed by atoms with Crippen LogP contribution in [-0.2, 0) is 0 Å². The highest BCUT2D eigenvalue weighted by Crippen LogP contribution is 2.18. The first-order chi connectivity index (χ1) is 11.2. The van der Waals surface area contributed by atoms with Crippen LogP contribution in [0.3, 0.4) is 0 Å². The molecule has 3 aromatic rings. The lowest BCUT2D eigenvalue weighted by Crippen LogP contribution is -2.09. The lowest BCUT2D eigenvalue weighted by Gasteiger charge is -2.09. The lowest BCUT2D eigenvalue weighted by molar-refractivity contribution is 1.50. The molecule has 0 aliphatic carbocycles. The molecule has 0 amide bonds. The SMILES string of the molecule is Cc1ccccc1Pc1ccc(C=Cc2ccccc2)cc1C. The Bertz CT molecular complexity index is 816. The third-order valence-electron chi connectivity index (χ3n) is 3.93. The third-order valence-corrected chi connectivity index (χ3v) is 5.59. The standard InChI is InChI=1S/C22H21P/c1-17-8-6-7-11-21(17)23-22-15-14-20(16-18(22)2)13-12-19-9-4-3-5-10-19/h3-16,23H,1-2H3. The molecule has 1 unspecified atom stereocenters. The molecule has 0 bridgehead atoms. The fraction of sp³-hybridized carbons (Fsp3) is 0.0909. The van der Waals surface area contributed by atoms with Crippen molar-refractivity contribution >= 4 is 31.3 Å². The summed E-state index contributed by atoms with van der Waals surface area (Å²) in [5, 5.41) is 2.86. The van der Waals surface area contributed by atoms with Gasteiger partial charge in [-0.15, -0.1) is 0 Å². The predicted molar refractivity (Wildman–Crippen MR) is 105 cm³/mol. The molecule has 0 spiro atoms. The summed E-state index contributed by atoms with van der Waals surface area (Å²) >= 11 is 0. The fourth-order valence-corrected chi connectivity index (χ4v) is 3.73.